The standard InChI is InChI=1S/C13H17N3O/c1-10-13(14)12(7-8-17)16(15-10)9-11-5-3-2-4-6-11/h2-6,17H,7-9,14H2,1H3. The number of anilines is 1. The van der Waals surface area contributed by atoms with Crippen LogP contribution in [0.3, 0.4) is 0 Å². The zero-order valence-electron chi connectivity index (χ0n) is 9.93. The first-order valence-electron chi connectivity index (χ1n) is 5.69. The van der Waals surface area contributed by atoms with E-state index in [9.17, 15) is 0 Å². The second-order valence-corrected chi connectivity index (χ2v) is 4.06. The van der Waals surface area contributed by atoms with Crippen molar-refractivity contribution in [1.82, 2.24) is 9.78 Å². The molecule has 0 fully saturated rings. The predicted octanol–water partition coefficient (Wildman–Crippen LogP) is 1.36. The molecule has 0 aliphatic rings. The topological polar surface area (TPSA) is 64.1 Å². The molecule has 1 heterocycles. The zero-order valence-corrected chi connectivity index (χ0v) is 9.93. The molecule has 2 rings (SSSR count). The molecule has 0 saturated carbocycles. The van der Waals surface area contributed by atoms with E-state index in [0.29, 0.717) is 18.7 Å². The first kappa shape index (κ1) is 11.7. The van der Waals surface area contributed by atoms with Gasteiger partial charge in [0.25, 0.3) is 0 Å². The van der Waals surface area contributed by atoms with Crippen LogP contribution in [-0.2, 0) is 13.0 Å². The summed E-state index contributed by atoms with van der Waals surface area (Å²) in [6, 6.07) is 10.1. The molecule has 1 aromatic carbocycles. The van der Waals surface area contributed by atoms with Crippen LogP contribution in [0, 0.1) is 6.92 Å². The van der Waals surface area contributed by atoms with E-state index in [2.05, 4.69) is 17.2 Å². The fourth-order valence-electron chi connectivity index (χ4n) is 1.90. The molecule has 0 aliphatic carbocycles. The maximum atomic E-state index is 9.05. The summed E-state index contributed by atoms with van der Waals surface area (Å²) in [5.74, 6) is 0. The largest absolute Gasteiger partial charge is 0.396 e. The molecule has 2 aromatic rings. The number of nitrogens with two attached hydrogens (primary N) is 1. The number of hydrogen-bond acceptors (Lipinski definition) is 3. The number of aromatic nitrogens is 2. The molecule has 0 spiro atoms. The Kier molecular flexibility index (Phi) is 3.44. The lowest BCUT2D eigenvalue weighted by Crippen LogP contribution is -2.09. The molecule has 0 amide bonds. The Bertz CT molecular complexity index is 491. The van der Waals surface area contributed by atoms with Crippen LogP contribution in [0.2, 0.25) is 0 Å². The number of aryl methyl sites for hydroxylation is 1. The molecule has 1 aromatic heterocycles. The van der Waals surface area contributed by atoms with E-state index in [4.69, 9.17) is 10.8 Å². The Morgan fingerprint density at radius 3 is 2.65 bits per heavy atom. The summed E-state index contributed by atoms with van der Waals surface area (Å²) in [5, 5.41) is 13.5. The van der Waals surface area contributed by atoms with Crippen LogP contribution in [0.15, 0.2) is 30.3 Å². The molecular formula is C13H17N3O. The van der Waals surface area contributed by atoms with Crippen molar-refractivity contribution in [3.63, 3.8) is 0 Å². The molecule has 17 heavy (non-hydrogen) atoms. The maximum Gasteiger partial charge on any atom is 0.0826 e. The van der Waals surface area contributed by atoms with Crippen molar-refractivity contribution in [2.24, 2.45) is 0 Å². The van der Waals surface area contributed by atoms with Gasteiger partial charge in [-0.3, -0.25) is 4.68 Å². The number of rotatable bonds is 4. The molecule has 4 heteroatoms. The van der Waals surface area contributed by atoms with Crippen LogP contribution >= 0.6 is 0 Å². The van der Waals surface area contributed by atoms with Crippen molar-refractivity contribution in [3.8, 4) is 0 Å². The fourth-order valence-corrected chi connectivity index (χ4v) is 1.90. The van der Waals surface area contributed by atoms with E-state index in [1.165, 1.54) is 5.56 Å². The van der Waals surface area contributed by atoms with Gasteiger partial charge in [-0.05, 0) is 12.5 Å². The Labute approximate surface area is 101 Å². The highest BCUT2D eigenvalue weighted by Crippen LogP contribution is 2.18. The van der Waals surface area contributed by atoms with Gasteiger partial charge in [-0.2, -0.15) is 5.10 Å². The van der Waals surface area contributed by atoms with Gasteiger partial charge in [-0.25, -0.2) is 0 Å². The van der Waals surface area contributed by atoms with Crippen molar-refractivity contribution in [2.45, 2.75) is 19.9 Å². The molecular weight excluding hydrogens is 214 g/mol. The molecule has 4 nitrogen and oxygen atoms in total. The molecule has 3 N–H and O–H groups in total. The number of nitrogen functional groups attached to an aromatic ring is 1. The van der Waals surface area contributed by atoms with Crippen molar-refractivity contribution >= 4 is 5.69 Å². The second kappa shape index (κ2) is 5.01. The monoisotopic (exact) mass is 231 g/mol. The highest BCUT2D eigenvalue weighted by molar-refractivity contribution is 5.48. The SMILES string of the molecule is Cc1nn(Cc2ccccc2)c(CCO)c1N. The molecule has 0 radical (unpaired) electrons. The van der Waals surface area contributed by atoms with Crippen LogP contribution < -0.4 is 5.73 Å². The summed E-state index contributed by atoms with van der Waals surface area (Å²) < 4.78 is 1.87. The number of hydrogen-bond donors (Lipinski definition) is 2. The fraction of sp³-hybridized carbons (Fsp3) is 0.308. The third-order valence-electron chi connectivity index (χ3n) is 2.81. The number of benzene rings is 1. The summed E-state index contributed by atoms with van der Waals surface area (Å²) >= 11 is 0. The van der Waals surface area contributed by atoms with Gasteiger partial charge in [0.2, 0.25) is 0 Å². The Hall–Kier alpha value is -1.81. The van der Waals surface area contributed by atoms with Gasteiger partial charge in [0, 0.05) is 13.0 Å². The summed E-state index contributed by atoms with van der Waals surface area (Å²) in [6.45, 7) is 2.66. The predicted molar refractivity (Wildman–Crippen MR) is 67.7 cm³/mol. The molecule has 0 unspecified atom stereocenters. The smallest absolute Gasteiger partial charge is 0.0826 e. The van der Waals surface area contributed by atoms with E-state index in [0.717, 1.165) is 11.4 Å². The van der Waals surface area contributed by atoms with Gasteiger partial charge in [0.05, 0.1) is 23.6 Å². The Morgan fingerprint density at radius 2 is 2.00 bits per heavy atom. The second-order valence-electron chi connectivity index (χ2n) is 4.06. The van der Waals surface area contributed by atoms with Crippen LogP contribution in [0.1, 0.15) is 17.0 Å². The molecule has 0 aliphatic heterocycles. The minimum atomic E-state index is 0.0874. The minimum Gasteiger partial charge on any atom is -0.396 e. The lowest BCUT2D eigenvalue weighted by Gasteiger charge is -2.07. The summed E-state index contributed by atoms with van der Waals surface area (Å²) in [7, 11) is 0. The van der Waals surface area contributed by atoms with E-state index < -0.39 is 0 Å². The Balaban J connectivity index is 2.29. The van der Waals surface area contributed by atoms with Gasteiger partial charge < -0.3 is 10.8 Å². The number of aliphatic hydroxyl groups is 1. The van der Waals surface area contributed by atoms with Gasteiger partial charge in [0.15, 0.2) is 0 Å². The van der Waals surface area contributed by atoms with Crippen LogP contribution in [0.25, 0.3) is 0 Å². The first-order chi connectivity index (χ1) is 8.22. The zero-order chi connectivity index (χ0) is 12.3. The van der Waals surface area contributed by atoms with Gasteiger partial charge in [0.1, 0.15) is 0 Å². The lowest BCUT2D eigenvalue weighted by molar-refractivity contribution is 0.296. The van der Waals surface area contributed by atoms with Crippen LogP contribution in [0.5, 0.6) is 0 Å². The number of aliphatic hydroxyl groups excluding tert-OH is 1. The molecule has 0 bridgehead atoms. The maximum absolute atomic E-state index is 9.05. The van der Waals surface area contributed by atoms with Gasteiger partial charge >= 0.3 is 0 Å². The van der Waals surface area contributed by atoms with E-state index >= 15 is 0 Å². The first-order valence-corrected chi connectivity index (χ1v) is 5.69. The quantitative estimate of drug-likeness (QED) is 0.835. The highest BCUT2D eigenvalue weighted by atomic mass is 16.3. The molecule has 0 saturated heterocycles. The van der Waals surface area contributed by atoms with E-state index in [1.54, 1.807) is 0 Å². The summed E-state index contributed by atoms with van der Waals surface area (Å²) in [4.78, 5) is 0. The van der Waals surface area contributed by atoms with Crippen LogP contribution in [0.4, 0.5) is 5.69 Å². The van der Waals surface area contributed by atoms with E-state index in [-0.39, 0.29) is 6.61 Å². The normalized spacial score (nSPS) is 10.7. The summed E-state index contributed by atoms with van der Waals surface area (Å²) in [5.41, 5.74) is 9.55. The van der Waals surface area contributed by atoms with Gasteiger partial charge in [-0.15, -0.1) is 0 Å². The molecule has 90 valence electrons. The summed E-state index contributed by atoms with van der Waals surface area (Å²) in [6.07, 6.45) is 0.541. The third kappa shape index (κ3) is 2.47. The number of nitrogens with zero attached hydrogens (tertiary/aromatic N) is 2. The van der Waals surface area contributed by atoms with Crippen molar-refractivity contribution < 1.29 is 5.11 Å². The average Bonchev–Trinajstić information content (AvgIpc) is 2.59. The van der Waals surface area contributed by atoms with E-state index in [1.807, 2.05) is 29.8 Å². The van der Waals surface area contributed by atoms with Gasteiger partial charge in [-0.1, -0.05) is 30.3 Å². The highest BCUT2D eigenvalue weighted by Gasteiger charge is 2.11. The lowest BCUT2D eigenvalue weighted by atomic mass is 10.2. The van der Waals surface area contributed by atoms with Crippen molar-refractivity contribution in [2.75, 3.05) is 12.3 Å². The van der Waals surface area contributed by atoms with Crippen LogP contribution in [-0.4, -0.2) is 21.5 Å². The van der Waals surface area contributed by atoms with Crippen molar-refractivity contribution in [3.05, 3.63) is 47.3 Å². The minimum absolute atomic E-state index is 0.0874. The Morgan fingerprint density at radius 1 is 1.29 bits per heavy atom. The molecule has 0 atom stereocenters. The average molecular weight is 231 g/mol. The van der Waals surface area contributed by atoms with Crippen molar-refractivity contribution in [1.29, 1.82) is 0 Å². The third-order valence-corrected chi connectivity index (χ3v) is 2.81.